The maximum absolute atomic E-state index is 13.8. The molecular formula is C26H25F3N4O4. The second-order valence-corrected chi connectivity index (χ2v) is 9.15. The zero-order chi connectivity index (χ0) is 26.4. The van der Waals surface area contributed by atoms with Gasteiger partial charge in [0.25, 0.3) is 5.91 Å². The van der Waals surface area contributed by atoms with Gasteiger partial charge in [0.05, 0.1) is 12.5 Å². The van der Waals surface area contributed by atoms with Gasteiger partial charge in [-0.1, -0.05) is 24.3 Å². The van der Waals surface area contributed by atoms with Crippen LogP contribution in [0.5, 0.6) is 5.75 Å². The lowest BCUT2D eigenvalue weighted by molar-refractivity contribution is -0.146. The van der Waals surface area contributed by atoms with Gasteiger partial charge in [-0.3, -0.25) is 14.7 Å². The van der Waals surface area contributed by atoms with Gasteiger partial charge in [-0.25, -0.2) is 0 Å². The Labute approximate surface area is 210 Å². The minimum Gasteiger partial charge on any atom is -0.497 e. The van der Waals surface area contributed by atoms with E-state index in [0.29, 0.717) is 29.8 Å². The number of anilines is 1. The van der Waals surface area contributed by atoms with Gasteiger partial charge in [-0.05, 0) is 48.2 Å². The van der Waals surface area contributed by atoms with Crippen molar-refractivity contribution in [3.8, 4) is 5.75 Å². The van der Waals surface area contributed by atoms with Crippen molar-refractivity contribution in [3.63, 3.8) is 0 Å². The summed E-state index contributed by atoms with van der Waals surface area (Å²) in [7, 11) is 1.50. The quantitative estimate of drug-likeness (QED) is 0.465. The van der Waals surface area contributed by atoms with E-state index in [1.54, 1.807) is 48.5 Å². The number of nitrogens with one attached hydrogen (secondary N) is 1. The van der Waals surface area contributed by atoms with Crippen molar-refractivity contribution in [1.82, 2.24) is 10.2 Å². The standard InChI is InChI=1S/C26H25F3N4O4/c1-36-18-8-2-15(3-9-18)19-14-33(23(34)21-20(19)22(32-31-21)26(27,28)29)17-6-4-16(5-7-17)25(10-11-25)24(35)37-13-12-30/h2-9,19H,10-14,30H2,1H3,(H,31,32). The Morgan fingerprint density at radius 1 is 1.16 bits per heavy atom. The molecule has 2 aliphatic rings. The highest BCUT2D eigenvalue weighted by Crippen LogP contribution is 2.50. The van der Waals surface area contributed by atoms with Gasteiger partial charge in [0.1, 0.15) is 18.1 Å². The van der Waals surface area contributed by atoms with Crippen LogP contribution in [0, 0.1) is 0 Å². The number of hydrogen-bond donors (Lipinski definition) is 2. The monoisotopic (exact) mass is 514 g/mol. The van der Waals surface area contributed by atoms with E-state index in [2.05, 4.69) is 10.2 Å². The second-order valence-electron chi connectivity index (χ2n) is 9.15. The molecule has 5 rings (SSSR count). The molecule has 1 fully saturated rings. The van der Waals surface area contributed by atoms with Gasteiger partial charge >= 0.3 is 12.1 Å². The van der Waals surface area contributed by atoms with E-state index in [4.69, 9.17) is 15.2 Å². The molecule has 0 spiro atoms. The summed E-state index contributed by atoms with van der Waals surface area (Å²) in [4.78, 5) is 27.3. The number of carbonyl (C=O) groups is 2. The fourth-order valence-electron chi connectivity index (χ4n) is 4.88. The number of H-pyrrole nitrogens is 1. The normalized spacial score (nSPS) is 18.4. The summed E-state index contributed by atoms with van der Waals surface area (Å²) in [6, 6.07) is 13.6. The highest BCUT2D eigenvalue weighted by molar-refractivity contribution is 6.07. The van der Waals surface area contributed by atoms with Crippen LogP contribution in [0.15, 0.2) is 48.5 Å². The Morgan fingerprint density at radius 2 is 1.84 bits per heavy atom. The first-order valence-electron chi connectivity index (χ1n) is 11.8. The van der Waals surface area contributed by atoms with Crippen molar-refractivity contribution in [3.05, 3.63) is 76.6 Å². The molecule has 1 aliphatic carbocycles. The molecule has 1 amide bonds. The van der Waals surface area contributed by atoms with Crippen LogP contribution in [0.25, 0.3) is 0 Å². The number of benzene rings is 2. The molecule has 1 atom stereocenters. The van der Waals surface area contributed by atoms with Crippen LogP contribution in [0.1, 0.15) is 51.6 Å². The van der Waals surface area contributed by atoms with Gasteiger partial charge in [-0.15, -0.1) is 0 Å². The third kappa shape index (κ3) is 4.33. The smallest absolute Gasteiger partial charge is 0.435 e. The minimum absolute atomic E-state index is 0.0240. The number of methoxy groups -OCH3 is 1. The Morgan fingerprint density at radius 3 is 2.41 bits per heavy atom. The van der Waals surface area contributed by atoms with Crippen molar-refractivity contribution < 1.29 is 32.2 Å². The third-order valence-electron chi connectivity index (χ3n) is 6.99. The molecule has 194 valence electrons. The maximum Gasteiger partial charge on any atom is 0.435 e. The summed E-state index contributed by atoms with van der Waals surface area (Å²) >= 11 is 0. The number of esters is 1. The zero-order valence-corrected chi connectivity index (χ0v) is 20.0. The molecular weight excluding hydrogens is 489 g/mol. The summed E-state index contributed by atoms with van der Waals surface area (Å²) in [5.74, 6) is -1.17. The highest BCUT2D eigenvalue weighted by atomic mass is 19.4. The summed E-state index contributed by atoms with van der Waals surface area (Å²) in [6.07, 6.45) is -3.43. The van der Waals surface area contributed by atoms with E-state index in [-0.39, 0.29) is 36.9 Å². The number of nitrogens with zero attached hydrogens (tertiary/aromatic N) is 2. The maximum atomic E-state index is 13.8. The molecule has 1 aliphatic heterocycles. The third-order valence-corrected chi connectivity index (χ3v) is 6.99. The molecule has 11 heteroatoms. The van der Waals surface area contributed by atoms with Gasteiger partial charge < -0.3 is 20.1 Å². The molecule has 2 aromatic carbocycles. The SMILES string of the molecule is COc1ccc(C2CN(c3ccc(C4(C(=O)OCCN)CC4)cc3)C(=O)c3[nH]nc(C(F)(F)F)c32)cc1. The Kier molecular flexibility index (Phi) is 6.18. The first-order chi connectivity index (χ1) is 17.7. The number of amides is 1. The van der Waals surface area contributed by atoms with E-state index in [0.717, 1.165) is 5.56 Å². The van der Waals surface area contributed by atoms with Gasteiger partial charge in [0, 0.05) is 30.3 Å². The molecule has 2 heterocycles. The topological polar surface area (TPSA) is 111 Å². The van der Waals surface area contributed by atoms with Gasteiger partial charge in [-0.2, -0.15) is 18.3 Å². The molecule has 8 nitrogen and oxygen atoms in total. The first kappa shape index (κ1) is 24.8. The second kappa shape index (κ2) is 9.22. The number of ether oxygens (including phenoxy) is 2. The van der Waals surface area contributed by atoms with E-state index >= 15 is 0 Å². The van der Waals surface area contributed by atoms with Crippen LogP contribution < -0.4 is 15.4 Å². The van der Waals surface area contributed by atoms with Gasteiger partial charge in [0.2, 0.25) is 0 Å². The van der Waals surface area contributed by atoms with Crippen LogP contribution in [0.4, 0.5) is 18.9 Å². The number of nitrogens with two attached hydrogens (primary N) is 1. The van der Waals surface area contributed by atoms with Crippen LogP contribution in [-0.4, -0.2) is 48.9 Å². The molecule has 37 heavy (non-hydrogen) atoms. The lowest BCUT2D eigenvalue weighted by Gasteiger charge is -2.33. The van der Waals surface area contributed by atoms with E-state index in [1.165, 1.54) is 12.0 Å². The van der Waals surface area contributed by atoms with Crippen LogP contribution in [0.3, 0.4) is 0 Å². The molecule has 1 aromatic heterocycles. The Balaban J connectivity index is 1.50. The zero-order valence-electron chi connectivity index (χ0n) is 20.0. The lowest BCUT2D eigenvalue weighted by atomic mass is 9.85. The largest absolute Gasteiger partial charge is 0.497 e. The van der Waals surface area contributed by atoms with Crippen molar-refractivity contribution in [2.45, 2.75) is 30.4 Å². The molecule has 0 saturated heterocycles. The molecule has 1 unspecified atom stereocenters. The number of carbonyl (C=O) groups excluding carboxylic acids is 2. The average Bonchev–Trinajstić information content (AvgIpc) is 3.58. The molecule has 3 aromatic rings. The molecule has 0 bridgehead atoms. The van der Waals surface area contributed by atoms with E-state index in [1.807, 2.05) is 0 Å². The van der Waals surface area contributed by atoms with E-state index < -0.39 is 29.1 Å². The Hall–Kier alpha value is -3.86. The first-order valence-corrected chi connectivity index (χ1v) is 11.8. The number of halogens is 3. The molecule has 3 N–H and O–H groups in total. The highest BCUT2D eigenvalue weighted by Gasteiger charge is 2.53. The molecule has 0 radical (unpaired) electrons. The molecule has 1 saturated carbocycles. The Bertz CT molecular complexity index is 1320. The lowest BCUT2D eigenvalue weighted by Crippen LogP contribution is -2.41. The van der Waals surface area contributed by atoms with Gasteiger partial charge in [0.15, 0.2) is 5.69 Å². The number of fused-ring (bicyclic) bond motifs is 1. The predicted molar refractivity (Wildman–Crippen MR) is 127 cm³/mol. The van der Waals surface area contributed by atoms with Crippen molar-refractivity contribution in [1.29, 1.82) is 0 Å². The predicted octanol–water partition coefficient (Wildman–Crippen LogP) is 3.76. The summed E-state index contributed by atoms with van der Waals surface area (Å²) in [5, 5.41) is 5.80. The summed E-state index contributed by atoms with van der Waals surface area (Å²) in [6.45, 7) is 0.350. The fourth-order valence-corrected chi connectivity index (χ4v) is 4.88. The van der Waals surface area contributed by atoms with Crippen LogP contribution in [-0.2, 0) is 21.1 Å². The summed E-state index contributed by atoms with van der Waals surface area (Å²) in [5.41, 5.74) is 5.08. The number of aromatic amines is 1. The average molecular weight is 515 g/mol. The van der Waals surface area contributed by atoms with E-state index in [9.17, 15) is 22.8 Å². The van der Waals surface area contributed by atoms with Crippen molar-refractivity contribution >= 4 is 17.6 Å². The minimum atomic E-state index is -4.73. The van der Waals surface area contributed by atoms with Crippen LogP contribution >= 0.6 is 0 Å². The summed E-state index contributed by atoms with van der Waals surface area (Å²) < 4.78 is 51.8. The number of alkyl halides is 3. The fraction of sp³-hybridized carbons (Fsp3) is 0.346. The number of rotatable bonds is 7. The van der Waals surface area contributed by atoms with Crippen molar-refractivity contribution in [2.24, 2.45) is 5.73 Å². The van der Waals surface area contributed by atoms with Crippen LogP contribution in [0.2, 0.25) is 0 Å². The number of hydrogen-bond acceptors (Lipinski definition) is 6. The number of aromatic nitrogens is 2. The van der Waals surface area contributed by atoms with Crippen molar-refractivity contribution in [2.75, 3.05) is 31.7 Å².